The molecule has 0 spiro atoms. The monoisotopic (exact) mass is 303 g/mol. The Kier molecular flexibility index (Phi) is 4.79. The van der Waals surface area contributed by atoms with Crippen LogP contribution >= 0.6 is 0 Å². The van der Waals surface area contributed by atoms with E-state index in [0.717, 1.165) is 12.5 Å². The Balaban J connectivity index is 1.51. The van der Waals surface area contributed by atoms with Gasteiger partial charge in [0.1, 0.15) is 6.33 Å². The summed E-state index contributed by atoms with van der Waals surface area (Å²) in [5.74, 6) is 1.41. The molecule has 1 aromatic heterocycles. The van der Waals surface area contributed by atoms with Crippen molar-refractivity contribution in [3.8, 4) is 0 Å². The quantitative estimate of drug-likeness (QED) is 0.859. The summed E-state index contributed by atoms with van der Waals surface area (Å²) in [6, 6.07) is 0. The normalized spacial score (nSPS) is 27.0. The number of likely N-dealkylation sites (tertiary alicyclic amines) is 1. The minimum Gasteiger partial charge on any atom is -0.376 e. The molecule has 3 heterocycles. The Hall–Kier alpha value is -1.00. The highest BCUT2D eigenvalue weighted by atomic mass is 16.5. The number of piperidine rings is 1. The molecule has 0 bridgehead atoms. The summed E-state index contributed by atoms with van der Waals surface area (Å²) in [5, 5.41) is 0. The van der Waals surface area contributed by atoms with Crippen LogP contribution in [0.25, 0.3) is 0 Å². The lowest BCUT2D eigenvalue weighted by Gasteiger charge is -2.39. The summed E-state index contributed by atoms with van der Waals surface area (Å²) in [6.07, 6.45) is 8.50. The average molecular weight is 303 g/mol. The Labute approximate surface area is 134 Å². The van der Waals surface area contributed by atoms with Gasteiger partial charge < -0.3 is 9.64 Å². The molecule has 2 saturated heterocycles. The van der Waals surface area contributed by atoms with Gasteiger partial charge in [-0.05, 0) is 71.0 Å². The van der Waals surface area contributed by atoms with Gasteiger partial charge in [0.2, 0.25) is 0 Å². The molecule has 2 aliphatic heterocycles. The molecule has 4 nitrogen and oxygen atoms in total. The van der Waals surface area contributed by atoms with Crippen molar-refractivity contribution in [1.82, 2.24) is 14.9 Å². The number of nitrogens with zero attached hydrogens (tertiary/aromatic N) is 3. The summed E-state index contributed by atoms with van der Waals surface area (Å²) in [4.78, 5) is 11.3. The lowest BCUT2D eigenvalue weighted by atomic mass is 9.86. The second-order valence-corrected chi connectivity index (χ2v) is 7.63. The fraction of sp³-hybridized carbons (Fsp3) is 0.778. The second-order valence-electron chi connectivity index (χ2n) is 7.63. The zero-order chi connectivity index (χ0) is 15.6. The molecule has 0 unspecified atom stereocenters. The van der Waals surface area contributed by atoms with Crippen LogP contribution in [0.4, 0.5) is 0 Å². The van der Waals surface area contributed by atoms with Gasteiger partial charge in [0.25, 0.3) is 0 Å². The summed E-state index contributed by atoms with van der Waals surface area (Å²) < 4.78 is 5.84. The van der Waals surface area contributed by atoms with Crippen molar-refractivity contribution in [2.45, 2.75) is 58.0 Å². The van der Waals surface area contributed by atoms with Crippen molar-refractivity contribution in [2.75, 3.05) is 26.2 Å². The summed E-state index contributed by atoms with van der Waals surface area (Å²) in [5.41, 5.74) is 2.58. The predicted octanol–water partition coefficient (Wildman–Crippen LogP) is 3.17. The molecule has 1 atom stereocenters. The van der Waals surface area contributed by atoms with Gasteiger partial charge >= 0.3 is 0 Å². The molecule has 2 fully saturated rings. The highest BCUT2D eigenvalue weighted by Crippen LogP contribution is 2.32. The van der Waals surface area contributed by atoms with E-state index in [1.54, 1.807) is 6.33 Å². The molecular formula is C18H29N3O. The van der Waals surface area contributed by atoms with Crippen LogP contribution in [0.1, 0.15) is 56.7 Å². The van der Waals surface area contributed by atoms with Crippen molar-refractivity contribution >= 4 is 0 Å². The largest absolute Gasteiger partial charge is 0.376 e. The number of ether oxygens (including phenoxy) is 1. The Bertz CT molecular complexity index is 495. The van der Waals surface area contributed by atoms with Gasteiger partial charge in [-0.1, -0.05) is 0 Å². The molecular weight excluding hydrogens is 274 g/mol. The number of hydrogen-bond acceptors (Lipinski definition) is 4. The van der Waals surface area contributed by atoms with Crippen molar-refractivity contribution < 1.29 is 4.74 Å². The average Bonchev–Trinajstić information content (AvgIpc) is 2.48. The van der Waals surface area contributed by atoms with Crippen molar-refractivity contribution in [2.24, 2.45) is 5.92 Å². The summed E-state index contributed by atoms with van der Waals surface area (Å²) in [7, 11) is 0. The van der Waals surface area contributed by atoms with E-state index < -0.39 is 0 Å². The van der Waals surface area contributed by atoms with E-state index in [9.17, 15) is 0 Å². The third kappa shape index (κ3) is 3.85. The second kappa shape index (κ2) is 6.63. The van der Waals surface area contributed by atoms with Crippen LogP contribution < -0.4 is 0 Å². The van der Waals surface area contributed by atoms with E-state index in [2.05, 4.69) is 35.6 Å². The minimum atomic E-state index is 0.0688. The topological polar surface area (TPSA) is 38.2 Å². The minimum absolute atomic E-state index is 0.0688. The third-order valence-corrected chi connectivity index (χ3v) is 5.23. The molecule has 0 amide bonds. The van der Waals surface area contributed by atoms with Crippen molar-refractivity contribution in [3.05, 3.63) is 23.8 Å². The first kappa shape index (κ1) is 15.9. The van der Waals surface area contributed by atoms with Gasteiger partial charge in [-0.2, -0.15) is 0 Å². The molecule has 0 radical (unpaired) electrons. The fourth-order valence-corrected chi connectivity index (χ4v) is 4.10. The van der Waals surface area contributed by atoms with Crippen LogP contribution in [0.15, 0.2) is 12.5 Å². The Morgan fingerprint density at radius 3 is 2.73 bits per heavy atom. The van der Waals surface area contributed by atoms with Gasteiger partial charge in [-0.3, -0.25) is 0 Å². The molecule has 122 valence electrons. The fourth-order valence-electron chi connectivity index (χ4n) is 4.10. The molecule has 2 aliphatic rings. The lowest BCUT2D eigenvalue weighted by molar-refractivity contribution is -0.0775. The number of aromatic nitrogens is 2. The lowest BCUT2D eigenvalue weighted by Crippen LogP contribution is -2.42. The zero-order valence-electron chi connectivity index (χ0n) is 14.2. The maximum atomic E-state index is 5.84. The molecule has 22 heavy (non-hydrogen) atoms. The van der Waals surface area contributed by atoms with E-state index in [-0.39, 0.29) is 5.60 Å². The van der Waals surface area contributed by atoms with E-state index in [1.165, 1.54) is 56.6 Å². The number of rotatable bonds is 3. The maximum Gasteiger partial charge on any atom is 0.115 e. The van der Waals surface area contributed by atoms with E-state index in [4.69, 9.17) is 4.74 Å². The third-order valence-electron chi connectivity index (χ3n) is 5.23. The number of hydrogen-bond donors (Lipinski definition) is 0. The molecule has 3 rings (SSSR count). The van der Waals surface area contributed by atoms with Crippen LogP contribution in [0, 0.1) is 12.8 Å². The first-order chi connectivity index (χ1) is 10.5. The zero-order valence-corrected chi connectivity index (χ0v) is 14.2. The van der Waals surface area contributed by atoms with Gasteiger partial charge in [0.05, 0.1) is 5.60 Å². The van der Waals surface area contributed by atoms with Crippen LogP contribution in [0.5, 0.6) is 0 Å². The van der Waals surface area contributed by atoms with Crippen molar-refractivity contribution in [3.63, 3.8) is 0 Å². The van der Waals surface area contributed by atoms with E-state index in [1.807, 2.05) is 6.20 Å². The standard InChI is InChI=1S/C18H29N3O/c1-14-11-19-13-20-17(14)16-4-7-21(8-5-16)12-15-6-9-22-18(2,3)10-15/h11,13,15-16H,4-10,12H2,1-3H3/t15-/m1/s1. The van der Waals surface area contributed by atoms with Crippen molar-refractivity contribution in [1.29, 1.82) is 0 Å². The summed E-state index contributed by atoms with van der Waals surface area (Å²) >= 11 is 0. The Morgan fingerprint density at radius 1 is 1.27 bits per heavy atom. The highest BCUT2D eigenvalue weighted by molar-refractivity contribution is 5.18. The number of aryl methyl sites for hydroxylation is 1. The first-order valence-corrected chi connectivity index (χ1v) is 8.66. The maximum absolute atomic E-state index is 5.84. The molecule has 4 heteroatoms. The van der Waals surface area contributed by atoms with Gasteiger partial charge in [-0.25, -0.2) is 9.97 Å². The van der Waals surface area contributed by atoms with E-state index >= 15 is 0 Å². The van der Waals surface area contributed by atoms with E-state index in [0.29, 0.717) is 5.92 Å². The molecule has 1 aromatic rings. The molecule has 0 saturated carbocycles. The molecule has 0 N–H and O–H groups in total. The summed E-state index contributed by atoms with van der Waals surface area (Å²) in [6.45, 7) is 11.1. The smallest absolute Gasteiger partial charge is 0.115 e. The Morgan fingerprint density at radius 2 is 2.05 bits per heavy atom. The van der Waals surface area contributed by atoms with Gasteiger partial charge in [0, 0.05) is 31.0 Å². The first-order valence-electron chi connectivity index (χ1n) is 8.66. The highest BCUT2D eigenvalue weighted by Gasteiger charge is 2.31. The van der Waals surface area contributed by atoms with Crippen LogP contribution in [-0.2, 0) is 4.74 Å². The predicted molar refractivity (Wildman–Crippen MR) is 87.9 cm³/mol. The van der Waals surface area contributed by atoms with Crippen LogP contribution in [0.2, 0.25) is 0 Å². The molecule has 0 aromatic carbocycles. The van der Waals surface area contributed by atoms with Crippen LogP contribution in [-0.4, -0.2) is 46.7 Å². The van der Waals surface area contributed by atoms with Gasteiger partial charge in [-0.15, -0.1) is 0 Å². The van der Waals surface area contributed by atoms with Gasteiger partial charge in [0.15, 0.2) is 0 Å². The van der Waals surface area contributed by atoms with Crippen LogP contribution in [0.3, 0.4) is 0 Å². The SMILES string of the molecule is Cc1cncnc1C1CCN(C[C@@H]2CCOC(C)(C)C2)CC1. The molecule has 0 aliphatic carbocycles.